The van der Waals surface area contributed by atoms with E-state index in [1.807, 2.05) is 0 Å². The minimum Gasteiger partial charge on any atom is -0.328 e. The highest BCUT2D eigenvalue weighted by atomic mass is 14.6. The van der Waals surface area contributed by atoms with E-state index in [-0.39, 0.29) is 0 Å². The fraction of sp³-hybridized carbons (Fsp3) is 0.739. The zero-order chi connectivity index (χ0) is 18.0. The second-order valence-electron chi connectivity index (χ2n) is 8.36. The zero-order valence-electron chi connectivity index (χ0n) is 17.0. The Balaban J connectivity index is 2.14. The summed E-state index contributed by atoms with van der Waals surface area (Å²) < 4.78 is 0. The maximum absolute atomic E-state index is 5.96. The topological polar surface area (TPSA) is 26.0 Å². The van der Waals surface area contributed by atoms with E-state index in [2.05, 4.69) is 52.8 Å². The molecule has 0 saturated heterocycles. The lowest BCUT2D eigenvalue weighted by molar-refractivity contribution is 0.440. The fourth-order valence-corrected chi connectivity index (χ4v) is 3.37. The molecule has 1 unspecified atom stereocenters. The van der Waals surface area contributed by atoms with Crippen molar-refractivity contribution < 1.29 is 0 Å². The molecule has 0 heterocycles. The Bertz CT molecular complexity index is 461. The predicted molar refractivity (Wildman–Crippen MR) is 109 cm³/mol. The van der Waals surface area contributed by atoms with E-state index < -0.39 is 0 Å². The quantitative estimate of drug-likeness (QED) is 0.417. The molecule has 0 aliphatic heterocycles. The molecule has 138 valence electrons. The molecule has 1 aromatic rings. The van der Waals surface area contributed by atoms with Gasteiger partial charge >= 0.3 is 0 Å². The van der Waals surface area contributed by atoms with Gasteiger partial charge in [-0.2, -0.15) is 0 Å². The van der Waals surface area contributed by atoms with Gasteiger partial charge in [0, 0.05) is 6.04 Å². The summed E-state index contributed by atoms with van der Waals surface area (Å²) >= 11 is 0. The Morgan fingerprint density at radius 1 is 0.875 bits per heavy atom. The number of hydrogen-bond acceptors (Lipinski definition) is 1. The van der Waals surface area contributed by atoms with E-state index >= 15 is 0 Å². The number of benzene rings is 1. The van der Waals surface area contributed by atoms with Gasteiger partial charge in [0.2, 0.25) is 0 Å². The van der Waals surface area contributed by atoms with E-state index in [4.69, 9.17) is 5.73 Å². The normalized spacial score (nSPS) is 13.2. The number of unbranched alkanes of at least 4 members (excludes halogenated alkanes) is 6. The second kappa shape index (κ2) is 10.9. The zero-order valence-corrected chi connectivity index (χ0v) is 17.0. The van der Waals surface area contributed by atoms with Crippen LogP contribution in [0.4, 0.5) is 0 Å². The minimum absolute atomic E-state index is 0.300. The van der Waals surface area contributed by atoms with E-state index in [0.29, 0.717) is 11.5 Å². The third-order valence-electron chi connectivity index (χ3n) is 5.69. The third kappa shape index (κ3) is 7.83. The molecule has 0 radical (unpaired) electrons. The largest absolute Gasteiger partial charge is 0.328 e. The standard InChI is InChI=1S/C23H41N/c1-6-22(24)14-12-10-8-7-9-11-13-17-23(4,5)21-16-15-19(2)20(3)18-21/h15-16,18,22H,6-14,17,24H2,1-5H3. The van der Waals surface area contributed by atoms with Crippen LogP contribution >= 0.6 is 0 Å². The van der Waals surface area contributed by atoms with Gasteiger partial charge in [0.15, 0.2) is 0 Å². The minimum atomic E-state index is 0.300. The fourth-order valence-electron chi connectivity index (χ4n) is 3.37. The summed E-state index contributed by atoms with van der Waals surface area (Å²) in [6, 6.07) is 7.41. The Kier molecular flexibility index (Phi) is 9.66. The molecule has 24 heavy (non-hydrogen) atoms. The van der Waals surface area contributed by atoms with Crippen molar-refractivity contribution in [2.75, 3.05) is 0 Å². The van der Waals surface area contributed by atoms with Crippen LogP contribution < -0.4 is 5.73 Å². The molecule has 1 aromatic carbocycles. The van der Waals surface area contributed by atoms with Crippen LogP contribution in [0.3, 0.4) is 0 Å². The van der Waals surface area contributed by atoms with Crippen LogP contribution in [0.1, 0.15) is 102 Å². The van der Waals surface area contributed by atoms with Crippen LogP contribution in [0, 0.1) is 13.8 Å². The summed E-state index contributed by atoms with van der Waals surface area (Å²) in [5.74, 6) is 0. The summed E-state index contributed by atoms with van der Waals surface area (Å²) in [6.45, 7) is 11.4. The van der Waals surface area contributed by atoms with Gasteiger partial charge in [0.05, 0.1) is 0 Å². The van der Waals surface area contributed by atoms with Crippen molar-refractivity contribution in [3.8, 4) is 0 Å². The SMILES string of the molecule is CCC(N)CCCCCCCCCC(C)(C)c1ccc(C)c(C)c1. The Labute approximate surface area is 151 Å². The molecule has 0 saturated carbocycles. The van der Waals surface area contributed by atoms with Gasteiger partial charge in [0.25, 0.3) is 0 Å². The monoisotopic (exact) mass is 331 g/mol. The molecule has 0 aliphatic rings. The smallest absolute Gasteiger partial charge is 0.00362 e. The first-order chi connectivity index (χ1) is 11.4. The number of aryl methyl sites for hydroxylation is 2. The highest BCUT2D eigenvalue weighted by Gasteiger charge is 2.20. The average molecular weight is 332 g/mol. The summed E-state index contributed by atoms with van der Waals surface area (Å²) in [6.07, 6.45) is 13.2. The molecule has 2 N–H and O–H groups in total. The molecule has 0 fully saturated rings. The van der Waals surface area contributed by atoms with Crippen molar-refractivity contribution in [2.45, 2.75) is 110 Å². The van der Waals surface area contributed by atoms with Crippen LogP contribution in [0.25, 0.3) is 0 Å². The summed E-state index contributed by atoms with van der Waals surface area (Å²) in [5.41, 5.74) is 10.6. The maximum Gasteiger partial charge on any atom is 0.00362 e. The van der Waals surface area contributed by atoms with Crippen molar-refractivity contribution >= 4 is 0 Å². The molecule has 1 atom stereocenters. The van der Waals surface area contributed by atoms with Gasteiger partial charge < -0.3 is 5.73 Å². The second-order valence-corrected chi connectivity index (χ2v) is 8.36. The first-order valence-electron chi connectivity index (χ1n) is 10.2. The maximum atomic E-state index is 5.96. The van der Waals surface area contributed by atoms with Crippen LogP contribution in [0.5, 0.6) is 0 Å². The van der Waals surface area contributed by atoms with Crippen LogP contribution in [0.15, 0.2) is 18.2 Å². The molecule has 0 amide bonds. The lowest BCUT2D eigenvalue weighted by Crippen LogP contribution is -2.17. The van der Waals surface area contributed by atoms with E-state index in [0.717, 1.165) is 6.42 Å². The van der Waals surface area contributed by atoms with E-state index in [1.54, 1.807) is 0 Å². The van der Waals surface area contributed by atoms with Crippen molar-refractivity contribution in [1.29, 1.82) is 0 Å². The van der Waals surface area contributed by atoms with Crippen molar-refractivity contribution in [2.24, 2.45) is 5.73 Å². The molecule has 0 aliphatic carbocycles. The van der Waals surface area contributed by atoms with Crippen LogP contribution in [-0.2, 0) is 5.41 Å². The van der Waals surface area contributed by atoms with Gasteiger partial charge in [-0.1, -0.05) is 83.9 Å². The number of rotatable bonds is 12. The van der Waals surface area contributed by atoms with Crippen molar-refractivity contribution in [3.63, 3.8) is 0 Å². The van der Waals surface area contributed by atoms with Gasteiger partial charge in [-0.05, 0) is 55.2 Å². The molecular weight excluding hydrogens is 290 g/mol. The first kappa shape index (κ1) is 21.2. The van der Waals surface area contributed by atoms with Crippen molar-refractivity contribution in [1.82, 2.24) is 0 Å². The van der Waals surface area contributed by atoms with Gasteiger partial charge in [-0.15, -0.1) is 0 Å². The Morgan fingerprint density at radius 2 is 1.46 bits per heavy atom. The predicted octanol–water partition coefficient (Wildman–Crippen LogP) is 6.83. The summed E-state index contributed by atoms with van der Waals surface area (Å²) in [4.78, 5) is 0. The van der Waals surface area contributed by atoms with Gasteiger partial charge in [0.1, 0.15) is 0 Å². The lowest BCUT2D eigenvalue weighted by atomic mass is 9.79. The molecule has 1 rings (SSSR count). The van der Waals surface area contributed by atoms with E-state index in [1.165, 1.54) is 74.5 Å². The average Bonchev–Trinajstić information content (AvgIpc) is 2.55. The Morgan fingerprint density at radius 3 is 2.04 bits per heavy atom. The highest BCUT2D eigenvalue weighted by molar-refractivity contribution is 5.33. The highest BCUT2D eigenvalue weighted by Crippen LogP contribution is 2.30. The molecule has 0 spiro atoms. The number of hydrogen-bond donors (Lipinski definition) is 1. The van der Waals surface area contributed by atoms with Crippen LogP contribution in [-0.4, -0.2) is 6.04 Å². The van der Waals surface area contributed by atoms with Crippen LogP contribution in [0.2, 0.25) is 0 Å². The Hall–Kier alpha value is -0.820. The van der Waals surface area contributed by atoms with E-state index in [9.17, 15) is 0 Å². The summed E-state index contributed by atoms with van der Waals surface area (Å²) in [5, 5.41) is 0. The number of nitrogens with two attached hydrogens (primary N) is 1. The van der Waals surface area contributed by atoms with Gasteiger partial charge in [-0.25, -0.2) is 0 Å². The first-order valence-corrected chi connectivity index (χ1v) is 10.2. The molecule has 1 heteroatoms. The molecule has 0 aromatic heterocycles. The molecule has 1 nitrogen and oxygen atoms in total. The summed E-state index contributed by atoms with van der Waals surface area (Å²) in [7, 11) is 0. The van der Waals surface area contributed by atoms with Gasteiger partial charge in [-0.3, -0.25) is 0 Å². The lowest BCUT2D eigenvalue weighted by Gasteiger charge is -2.26. The van der Waals surface area contributed by atoms with Crippen molar-refractivity contribution in [3.05, 3.63) is 34.9 Å². The third-order valence-corrected chi connectivity index (χ3v) is 5.69. The molecular formula is C23H41N. The molecule has 0 bridgehead atoms.